The van der Waals surface area contributed by atoms with E-state index in [1.54, 1.807) is 36.4 Å². The van der Waals surface area contributed by atoms with Crippen LogP contribution in [0.15, 0.2) is 73.8 Å². The van der Waals surface area contributed by atoms with Crippen molar-refractivity contribution in [2.75, 3.05) is 14.2 Å². The van der Waals surface area contributed by atoms with E-state index >= 15 is 0 Å². The zero-order valence-corrected chi connectivity index (χ0v) is 25.0. The second kappa shape index (κ2) is 9.80. The number of alkyl halides is 2. The number of nitrogens with zero attached hydrogens (tertiary/aromatic N) is 3. The average Bonchev–Trinajstić information content (AvgIpc) is 3.25. The van der Waals surface area contributed by atoms with E-state index in [9.17, 15) is 24.3 Å². The van der Waals surface area contributed by atoms with Crippen LogP contribution in [0.5, 0.6) is 17.2 Å². The van der Waals surface area contributed by atoms with Crippen molar-refractivity contribution in [2.45, 2.75) is 34.7 Å². The van der Waals surface area contributed by atoms with Crippen molar-refractivity contribution in [1.82, 2.24) is 13.9 Å². The SMILES string of the molecule is COc1cc([C@H]2C3=CCn4c(=O)n(-c5ccccc5)c(=O)n4[C@@H]3C[C@@]3(Cl)C(=O)C(Cl)=C(Cl)C(=O)[C@@]23Cl)cc(OC)c1O. The third-order valence-corrected chi connectivity index (χ3v) is 10.4. The molecule has 1 N–H and O–H groups in total. The number of carbonyl (C=O) groups excluding carboxylic acids is 2. The van der Waals surface area contributed by atoms with Crippen LogP contribution < -0.4 is 20.9 Å². The number of halogens is 4. The molecule has 0 amide bonds. The number of aromatic hydroxyl groups is 1. The summed E-state index contributed by atoms with van der Waals surface area (Å²) in [6.45, 7) is -0.0582. The van der Waals surface area contributed by atoms with Gasteiger partial charge in [0.05, 0.1) is 32.5 Å². The standard InChI is InChI=1S/C28H21Cl4N3O7/c1-41-17-10-13(11-18(42-2)22(17)36)19-15-8-9-33-25(39)34(14-6-4-3-5-7-14)26(40)35(33)16(15)12-27(31)23(37)20(29)21(30)24(38)28(19,27)32/h3-8,10-11,16,19,36H,9,12H2,1-2H3/t16-,19+,27-,28+/m1/s1. The van der Waals surface area contributed by atoms with E-state index in [4.69, 9.17) is 55.9 Å². The molecular formula is C28H21Cl4N3O7. The highest BCUT2D eigenvalue weighted by Gasteiger charge is 2.71. The smallest absolute Gasteiger partial charge is 0.352 e. The minimum atomic E-state index is -2.23. The van der Waals surface area contributed by atoms with Gasteiger partial charge in [0.1, 0.15) is 19.8 Å². The zero-order chi connectivity index (χ0) is 30.3. The number of hydrogen-bond donors (Lipinski definition) is 1. The first kappa shape index (κ1) is 28.7. The molecule has 3 aliphatic rings. The van der Waals surface area contributed by atoms with Crippen LogP contribution in [0.2, 0.25) is 0 Å². The molecule has 0 spiro atoms. The number of phenolic OH excluding ortho intramolecular Hbond substituents is 1. The Labute approximate surface area is 257 Å². The summed E-state index contributed by atoms with van der Waals surface area (Å²) >= 11 is 26.9. The van der Waals surface area contributed by atoms with Gasteiger partial charge in [-0.1, -0.05) is 47.5 Å². The lowest BCUT2D eigenvalue weighted by Crippen LogP contribution is -2.67. The number of methoxy groups -OCH3 is 2. The number of para-hydroxylation sites is 1. The maximum atomic E-state index is 13.9. The Morgan fingerprint density at radius 1 is 0.905 bits per heavy atom. The normalized spacial score (nSPS) is 26.8. The molecular weight excluding hydrogens is 632 g/mol. The van der Waals surface area contributed by atoms with Crippen molar-refractivity contribution in [3.8, 4) is 22.9 Å². The number of benzene rings is 2. The molecule has 1 aromatic heterocycles. The summed E-state index contributed by atoms with van der Waals surface area (Å²) in [5, 5.41) is 9.44. The molecule has 42 heavy (non-hydrogen) atoms. The maximum absolute atomic E-state index is 13.9. The van der Waals surface area contributed by atoms with Gasteiger partial charge >= 0.3 is 11.4 Å². The number of ketones is 2. The predicted octanol–water partition coefficient (Wildman–Crippen LogP) is 3.99. The van der Waals surface area contributed by atoms with Gasteiger partial charge in [-0.25, -0.2) is 23.5 Å². The molecule has 4 atom stereocenters. The number of ether oxygens (including phenoxy) is 2. The average molecular weight is 653 g/mol. The highest BCUT2D eigenvalue weighted by Crippen LogP contribution is 2.64. The van der Waals surface area contributed by atoms with Crippen LogP contribution in [-0.4, -0.2) is 54.6 Å². The highest BCUT2D eigenvalue weighted by molar-refractivity contribution is 6.66. The minimum absolute atomic E-state index is 0.0121. The lowest BCUT2D eigenvalue weighted by Gasteiger charge is -2.54. The number of phenols is 1. The lowest BCUT2D eigenvalue weighted by atomic mass is 9.59. The van der Waals surface area contributed by atoms with E-state index in [1.807, 2.05) is 0 Å². The molecule has 0 unspecified atom stereocenters. The van der Waals surface area contributed by atoms with Gasteiger partial charge in [0, 0.05) is 12.3 Å². The Hall–Kier alpha value is -3.44. The van der Waals surface area contributed by atoms with Gasteiger partial charge < -0.3 is 14.6 Å². The first-order valence-corrected chi connectivity index (χ1v) is 14.1. The van der Waals surface area contributed by atoms with Gasteiger partial charge in [0.25, 0.3) is 0 Å². The van der Waals surface area contributed by atoms with Crippen LogP contribution in [0, 0.1) is 0 Å². The first-order chi connectivity index (χ1) is 19.9. The van der Waals surface area contributed by atoms with Crippen molar-refractivity contribution in [1.29, 1.82) is 0 Å². The number of Topliss-reactive ketones (excluding diaryl/α,β-unsaturated/α-hetero) is 2. The number of aromatic nitrogens is 3. The molecule has 1 saturated carbocycles. The Morgan fingerprint density at radius 3 is 2.10 bits per heavy atom. The second-order valence-corrected chi connectivity index (χ2v) is 12.1. The molecule has 10 nitrogen and oxygen atoms in total. The fraction of sp³-hybridized carbons (Fsp3) is 0.286. The monoisotopic (exact) mass is 651 g/mol. The Kier molecular flexibility index (Phi) is 6.69. The number of fused-ring (bicyclic) bond motifs is 4. The molecule has 1 aliphatic heterocycles. The van der Waals surface area contributed by atoms with Crippen LogP contribution >= 0.6 is 46.4 Å². The molecule has 1 fully saturated rings. The quantitative estimate of drug-likeness (QED) is 0.334. The fourth-order valence-electron chi connectivity index (χ4n) is 6.22. The van der Waals surface area contributed by atoms with Crippen LogP contribution in [0.3, 0.4) is 0 Å². The van der Waals surface area contributed by atoms with Crippen molar-refractivity contribution < 1.29 is 24.2 Å². The third-order valence-electron chi connectivity index (χ3n) is 8.15. The summed E-state index contributed by atoms with van der Waals surface area (Å²) in [6.07, 6.45) is 1.30. The first-order valence-electron chi connectivity index (χ1n) is 12.6. The van der Waals surface area contributed by atoms with Gasteiger partial charge in [-0.15, -0.1) is 23.2 Å². The number of hydrogen-bond acceptors (Lipinski definition) is 7. The summed E-state index contributed by atoms with van der Waals surface area (Å²) in [7, 11) is 2.65. The summed E-state index contributed by atoms with van der Waals surface area (Å²) in [5.74, 6) is -3.35. The molecule has 14 heteroatoms. The van der Waals surface area contributed by atoms with E-state index in [1.165, 1.54) is 35.7 Å². The molecule has 3 aromatic rings. The van der Waals surface area contributed by atoms with E-state index in [2.05, 4.69) is 0 Å². The lowest BCUT2D eigenvalue weighted by molar-refractivity contribution is -0.128. The van der Waals surface area contributed by atoms with Gasteiger partial charge in [-0.3, -0.25) is 9.59 Å². The largest absolute Gasteiger partial charge is 0.502 e. The summed E-state index contributed by atoms with van der Waals surface area (Å²) in [4.78, 5) is 50.6. The van der Waals surface area contributed by atoms with Crippen LogP contribution in [0.25, 0.3) is 5.69 Å². The van der Waals surface area contributed by atoms with E-state index in [0.29, 0.717) is 11.3 Å². The highest BCUT2D eigenvalue weighted by atomic mass is 35.5. The summed E-state index contributed by atoms with van der Waals surface area (Å²) < 4.78 is 14.2. The van der Waals surface area contributed by atoms with Crippen molar-refractivity contribution in [2.24, 2.45) is 0 Å². The molecule has 2 aliphatic carbocycles. The van der Waals surface area contributed by atoms with Crippen molar-refractivity contribution in [3.63, 3.8) is 0 Å². The Balaban J connectivity index is 1.67. The fourth-order valence-corrected chi connectivity index (χ4v) is 7.75. The van der Waals surface area contributed by atoms with Crippen molar-refractivity contribution in [3.05, 3.63) is 90.7 Å². The number of allylic oxidation sites excluding steroid dienone is 4. The molecule has 6 rings (SSSR count). The van der Waals surface area contributed by atoms with E-state index in [0.717, 1.165) is 4.57 Å². The second-order valence-electron chi connectivity index (χ2n) is 10.1. The van der Waals surface area contributed by atoms with Gasteiger partial charge in [-0.2, -0.15) is 0 Å². The van der Waals surface area contributed by atoms with Crippen LogP contribution in [0.4, 0.5) is 0 Å². The van der Waals surface area contributed by atoms with Crippen LogP contribution in [0.1, 0.15) is 23.9 Å². The predicted molar refractivity (Wildman–Crippen MR) is 156 cm³/mol. The molecule has 0 radical (unpaired) electrons. The molecule has 0 saturated heterocycles. The Bertz CT molecular complexity index is 1850. The van der Waals surface area contributed by atoms with Crippen molar-refractivity contribution >= 4 is 58.0 Å². The van der Waals surface area contributed by atoms with Gasteiger partial charge in [0.15, 0.2) is 23.1 Å². The topological polar surface area (TPSA) is 122 Å². The van der Waals surface area contributed by atoms with Crippen LogP contribution in [-0.2, 0) is 16.1 Å². The van der Waals surface area contributed by atoms with E-state index in [-0.39, 0.29) is 35.8 Å². The minimum Gasteiger partial charge on any atom is -0.502 e. The molecule has 2 aromatic carbocycles. The molecule has 2 heterocycles. The maximum Gasteiger partial charge on any atom is 0.352 e. The zero-order valence-electron chi connectivity index (χ0n) is 21.9. The van der Waals surface area contributed by atoms with E-state index < -0.39 is 54.7 Å². The Morgan fingerprint density at radius 2 is 1.50 bits per heavy atom. The molecule has 0 bridgehead atoms. The number of rotatable bonds is 4. The summed E-state index contributed by atoms with van der Waals surface area (Å²) in [6, 6.07) is 10.2. The molecule has 218 valence electrons. The third kappa shape index (κ3) is 3.58. The summed E-state index contributed by atoms with van der Waals surface area (Å²) in [5.41, 5.74) is -0.250. The van der Waals surface area contributed by atoms with Gasteiger partial charge in [-0.05, 0) is 35.4 Å². The van der Waals surface area contributed by atoms with Gasteiger partial charge in [0.2, 0.25) is 5.75 Å². The number of carbonyl (C=O) groups is 2.